The zero-order chi connectivity index (χ0) is 14.7. The minimum atomic E-state index is -0.245. The van der Waals surface area contributed by atoms with Crippen molar-refractivity contribution in [1.29, 1.82) is 0 Å². The van der Waals surface area contributed by atoms with Gasteiger partial charge in [0.2, 0.25) is 0 Å². The Kier molecular flexibility index (Phi) is 4.91. The monoisotopic (exact) mass is 336 g/mol. The van der Waals surface area contributed by atoms with E-state index in [1.165, 1.54) is 23.3 Å². The minimum Gasteiger partial charge on any atom is -0.271 e. The van der Waals surface area contributed by atoms with Gasteiger partial charge in [0.1, 0.15) is 5.82 Å². The maximum absolute atomic E-state index is 13.4. The molecule has 0 aromatic heterocycles. The lowest BCUT2D eigenvalue weighted by molar-refractivity contribution is 0.548. The predicted octanol–water partition coefficient (Wildman–Crippen LogP) is 3.95. The molecule has 106 valence electrons. The average Bonchev–Trinajstić information content (AvgIpc) is 2.38. The highest BCUT2D eigenvalue weighted by Crippen LogP contribution is 2.23. The highest BCUT2D eigenvalue weighted by molar-refractivity contribution is 9.10. The van der Waals surface area contributed by atoms with Gasteiger partial charge in [-0.25, -0.2) is 4.39 Å². The Labute approximate surface area is 127 Å². The predicted molar refractivity (Wildman–Crippen MR) is 83.8 cm³/mol. The van der Waals surface area contributed by atoms with Crippen molar-refractivity contribution in [1.82, 2.24) is 5.43 Å². The summed E-state index contributed by atoms with van der Waals surface area (Å²) >= 11 is 3.31. The van der Waals surface area contributed by atoms with Crippen molar-refractivity contribution >= 4 is 15.9 Å². The van der Waals surface area contributed by atoms with E-state index < -0.39 is 0 Å². The van der Waals surface area contributed by atoms with Crippen molar-refractivity contribution < 1.29 is 4.39 Å². The summed E-state index contributed by atoms with van der Waals surface area (Å²) in [6.45, 7) is 4.15. The van der Waals surface area contributed by atoms with Crippen LogP contribution < -0.4 is 11.3 Å². The van der Waals surface area contributed by atoms with Gasteiger partial charge in [0.05, 0.1) is 0 Å². The largest absolute Gasteiger partial charge is 0.271 e. The van der Waals surface area contributed by atoms with E-state index in [4.69, 9.17) is 5.84 Å². The van der Waals surface area contributed by atoms with Gasteiger partial charge >= 0.3 is 0 Å². The summed E-state index contributed by atoms with van der Waals surface area (Å²) in [6.07, 6.45) is 0.634. The first kappa shape index (κ1) is 15.2. The summed E-state index contributed by atoms with van der Waals surface area (Å²) in [5.41, 5.74) is 7.30. The molecule has 2 aromatic rings. The second kappa shape index (κ2) is 6.48. The Morgan fingerprint density at radius 1 is 1.15 bits per heavy atom. The molecule has 0 aliphatic carbocycles. The molecule has 2 rings (SSSR count). The van der Waals surface area contributed by atoms with Gasteiger partial charge in [0.15, 0.2) is 0 Å². The molecule has 4 heteroatoms. The highest BCUT2D eigenvalue weighted by atomic mass is 79.9. The zero-order valence-corrected chi connectivity index (χ0v) is 13.2. The van der Waals surface area contributed by atoms with Crippen LogP contribution in [0.2, 0.25) is 0 Å². The lowest BCUT2D eigenvalue weighted by Gasteiger charge is -2.18. The fourth-order valence-electron chi connectivity index (χ4n) is 2.22. The van der Waals surface area contributed by atoms with Gasteiger partial charge in [-0.1, -0.05) is 34.1 Å². The summed E-state index contributed by atoms with van der Waals surface area (Å²) in [4.78, 5) is 0. The third-order valence-electron chi connectivity index (χ3n) is 3.50. The van der Waals surface area contributed by atoms with Crippen molar-refractivity contribution in [2.24, 2.45) is 5.84 Å². The first-order valence-electron chi connectivity index (χ1n) is 6.48. The van der Waals surface area contributed by atoms with Gasteiger partial charge in [-0.3, -0.25) is 11.3 Å². The van der Waals surface area contributed by atoms with Gasteiger partial charge in [-0.2, -0.15) is 0 Å². The first-order chi connectivity index (χ1) is 9.49. The number of hydrogen-bond acceptors (Lipinski definition) is 2. The topological polar surface area (TPSA) is 38.0 Å². The van der Waals surface area contributed by atoms with Crippen LogP contribution in [0.15, 0.2) is 40.9 Å². The Morgan fingerprint density at radius 2 is 1.90 bits per heavy atom. The molecule has 0 radical (unpaired) electrons. The van der Waals surface area contributed by atoms with E-state index in [1.807, 2.05) is 6.07 Å². The summed E-state index contributed by atoms with van der Waals surface area (Å²) in [5, 5.41) is 0. The number of halogens is 2. The van der Waals surface area contributed by atoms with E-state index in [9.17, 15) is 4.39 Å². The third-order valence-corrected chi connectivity index (χ3v) is 3.95. The van der Waals surface area contributed by atoms with Crippen molar-refractivity contribution in [3.8, 4) is 0 Å². The molecule has 2 aromatic carbocycles. The molecule has 0 saturated carbocycles. The quantitative estimate of drug-likeness (QED) is 0.655. The van der Waals surface area contributed by atoms with Gasteiger partial charge < -0.3 is 0 Å². The first-order valence-corrected chi connectivity index (χ1v) is 7.27. The van der Waals surface area contributed by atoms with Crippen LogP contribution in [0.3, 0.4) is 0 Å². The molecule has 20 heavy (non-hydrogen) atoms. The number of benzene rings is 2. The second-order valence-corrected chi connectivity index (χ2v) is 5.96. The normalized spacial score (nSPS) is 12.4. The van der Waals surface area contributed by atoms with E-state index in [0.29, 0.717) is 6.42 Å². The van der Waals surface area contributed by atoms with Crippen molar-refractivity contribution in [2.45, 2.75) is 26.3 Å². The number of nitrogens with one attached hydrogen (secondary N) is 1. The smallest absolute Gasteiger partial charge is 0.124 e. The molecular formula is C16H18BrFN2. The van der Waals surface area contributed by atoms with Crippen LogP contribution in [-0.4, -0.2) is 0 Å². The minimum absolute atomic E-state index is 0.0389. The summed E-state index contributed by atoms with van der Waals surface area (Å²) in [6, 6.07) is 11.1. The Bertz CT molecular complexity index is 593. The molecule has 0 amide bonds. The molecule has 0 saturated heterocycles. The van der Waals surface area contributed by atoms with Crippen molar-refractivity contribution in [3.05, 3.63) is 68.9 Å². The van der Waals surface area contributed by atoms with Crippen LogP contribution in [0.5, 0.6) is 0 Å². The lowest BCUT2D eigenvalue weighted by atomic mass is 9.96. The number of hydrazine groups is 1. The molecule has 0 spiro atoms. The van der Waals surface area contributed by atoms with E-state index >= 15 is 0 Å². The molecular weight excluding hydrogens is 319 g/mol. The average molecular weight is 337 g/mol. The number of hydrogen-bond donors (Lipinski definition) is 2. The molecule has 1 unspecified atom stereocenters. The zero-order valence-electron chi connectivity index (χ0n) is 11.6. The summed E-state index contributed by atoms with van der Waals surface area (Å²) in [5.74, 6) is 5.42. The van der Waals surface area contributed by atoms with Crippen molar-refractivity contribution in [3.63, 3.8) is 0 Å². The Morgan fingerprint density at radius 3 is 2.50 bits per heavy atom. The maximum Gasteiger partial charge on any atom is 0.124 e. The van der Waals surface area contributed by atoms with Gasteiger partial charge in [0, 0.05) is 10.5 Å². The van der Waals surface area contributed by atoms with Gasteiger partial charge in [-0.15, -0.1) is 0 Å². The van der Waals surface area contributed by atoms with E-state index in [0.717, 1.165) is 15.6 Å². The summed E-state index contributed by atoms with van der Waals surface area (Å²) < 4.78 is 14.2. The Balaban J connectivity index is 2.26. The summed E-state index contributed by atoms with van der Waals surface area (Å²) in [7, 11) is 0. The standard InChI is InChI=1S/C16H18BrFN2/c1-10-3-4-13(5-11(10)2)16(20-19)8-12-6-14(17)9-15(18)7-12/h3-7,9,16,20H,8,19H2,1-2H3. The maximum atomic E-state index is 13.4. The van der Waals surface area contributed by atoms with Gasteiger partial charge in [-0.05, 0) is 60.7 Å². The van der Waals surface area contributed by atoms with Gasteiger partial charge in [0.25, 0.3) is 0 Å². The van der Waals surface area contributed by atoms with Crippen LogP contribution in [0.4, 0.5) is 4.39 Å². The Hall–Kier alpha value is -1.23. The van der Waals surface area contributed by atoms with Crippen LogP contribution in [0.25, 0.3) is 0 Å². The van der Waals surface area contributed by atoms with E-state index in [2.05, 4.69) is 53.4 Å². The number of rotatable bonds is 4. The fourth-order valence-corrected chi connectivity index (χ4v) is 2.73. The van der Waals surface area contributed by atoms with Crippen LogP contribution in [0, 0.1) is 19.7 Å². The number of aryl methyl sites for hydroxylation is 2. The lowest BCUT2D eigenvalue weighted by Crippen LogP contribution is -2.29. The molecule has 0 bridgehead atoms. The molecule has 2 nitrogen and oxygen atoms in total. The molecule has 3 N–H and O–H groups in total. The van der Waals surface area contributed by atoms with Crippen LogP contribution in [-0.2, 0) is 6.42 Å². The molecule has 0 aliphatic heterocycles. The van der Waals surface area contributed by atoms with Crippen LogP contribution >= 0.6 is 15.9 Å². The van der Waals surface area contributed by atoms with Crippen LogP contribution in [0.1, 0.15) is 28.3 Å². The highest BCUT2D eigenvalue weighted by Gasteiger charge is 2.12. The molecule has 0 aliphatic rings. The van der Waals surface area contributed by atoms with E-state index in [1.54, 1.807) is 0 Å². The molecule has 0 fully saturated rings. The SMILES string of the molecule is Cc1ccc(C(Cc2cc(F)cc(Br)c2)NN)cc1C. The number of nitrogens with two attached hydrogens (primary N) is 1. The van der Waals surface area contributed by atoms with Crippen molar-refractivity contribution in [2.75, 3.05) is 0 Å². The molecule has 1 atom stereocenters. The fraction of sp³-hybridized carbons (Fsp3) is 0.250. The van der Waals surface area contributed by atoms with E-state index in [-0.39, 0.29) is 11.9 Å². The second-order valence-electron chi connectivity index (χ2n) is 5.04. The molecule has 0 heterocycles. The third kappa shape index (κ3) is 3.66.